The largest absolute Gasteiger partial charge is 0.312 e. The Morgan fingerprint density at radius 2 is 1.97 bits per heavy atom. The molecule has 31 heavy (non-hydrogen) atoms. The molecule has 1 atom stereocenters. The Labute approximate surface area is 177 Å². The van der Waals surface area contributed by atoms with E-state index in [1.807, 2.05) is 0 Å². The van der Waals surface area contributed by atoms with Crippen LogP contribution in [0.4, 0.5) is 0 Å². The molecule has 4 heterocycles. The fourth-order valence-corrected chi connectivity index (χ4v) is 4.32. The quantitative estimate of drug-likeness (QED) is 0.525. The fraction of sp³-hybridized carbons (Fsp3) is 0.400. The molecule has 2 aromatic rings. The molecular weight excluding hydrogens is 402 g/mol. The number of fused-ring (bicyclic) bond motifs is 2. The maximum Gasteiger partial charge on any atom is 0.262 e. The smallest absolute Gasteiger partial charge is 0.262 e. The van der Waals surface area contributed by atoms with Crippen molar-refractivity contribution < 1.29 is 19.2 Å². The number of carbonyl (C=O) groups is 4. The first-order valence-corrected chi connectivity index (χ1v) is 10.2. The molecule has 11 nitrogen and oxygen atoms in total. The Morgan fingerprint density at radius 3 is 2.81 bits per heavy atom. The van der Waals surface area contributed by atoms with E-state index in [9.17, 15) is 19.2 Å². The van der Waals surface area contributed by atoms with E-state index in [1.165, 1.54) is 0 Å². The van der Waals surface area contributed by atoms with Gasteiger partial charge >= 0.3 is 0 Å². The van der Waals surface area contributed by atoms with Crippen LogP contribution in [0.1, 0.15) is 50.8 Å². The van der Waals surface area contributed by atoms with Gasteiger partial charge in [0.1, 0.15) is 17.7 Å². The SMILES string of the molecule is O=C1CCC(N2C(=O)c3cccc(CNCc4nnc5n4CCNC5)c3C2=O)C(=O)N1. The number of amides is 4. The van der Waals surface area contributed by atoms with Crippen molar-refractivity contribution in [2.24, 2.45) is 0 Å². The molecule has 1 aromatic carbocycles. The van der Waals surface area contributed by atoms with Gasteiger partial charge in [0.25, 0.3) is 11.8 Å². The molecule has 0 radical (unpaired) electrons. The highest BCUT2D eigenvalue weighted by Crippen LogP contribution is 2.29. The van der Waals surface area contributed by atoms with Crippen LogP contribution in [-0.2, 0) is 35.8 Å². The van der Waals surface area contributed by atoms with Crippen LogP contribution in [0.3, 0.4) is 0 Å². The summed E-state index contributed by atoms with van der Waals surface area (Å²) in [5.74, 6) is -0.306. The van der Waals surface area contributed by atoms with E-state index >= 15 is 0 Å². The molecule has 0 saturated carbocycles. The standard InChI is InChI=1S/C20H21N7O4/c28-16-5-4-13(18(29)23-16)27-19(30)12-3-1-2-11(17(12)20(27)31)8-22-10-15-25-24-14-9-21-6-7-26(14)15/h1-3,13,21-22H,4-10H2,(H,23,28,29). The van der Waals surface area contributed by atoms with Gasteiger partial charge in [-0.15, -0.1) is 10.2 Å². The van der Waals surface area contributed by atoms with E-state index in [4.69, 9.17) is 0 Å². The molecule has 4 amide bonds. The van der Waals surface area contributed by atoms with Gasteiger partial charge in [0, 0.05) is 26.1 Å². The zero-order valence-electron chi connectivity index (χ0n) is 16.7. The lowest BCUT2D eigenvalue weighted by Gasteiger charge is -2.27. The van der Waals surface area contributed by atoms with Crippen LogP contribution in [-0.4, -0.2) is 55.9 Å². The van der Waals surface area contributed by atoms with Crippen LogP contribution < -0.4 is 16.0 Å². The van der Waals surface area contributed by atoms with Gasteiger partial charge in [0.15, 0.2) is 0 Å². The van der Waals surface area contributed by atoms with Gasteiger partial charge in [0.05, 0.1) is 24.2 Å². The minimum atomic E-state index is -0.970. The van der Waals surface area contributed by atoms with Gasteiger partial charge in [0.2, 0.25) is 11.8 Å². The summed E-state index contributed by atoms with van der Waals surface area (Å²) in [4.78, 5) is 50.7. The number of aromatic nitrogens is 3. The monoisotopic (exact) mass is 423 g/mol. The summed E-state index contributed by atoms with van der Waals surface area (Å²) in [6, 6.07) is 4.13. The molecule has 1 fully saturated rings. The second kappa shape index (κ2) is 7.67. The number of nitrogens with zero attached hydrogens (tertiary/aromatic N) is 4. The maximum atomic E-state index is 13.1. The third-order valence-corrected chi connectivity index (χ3v) is 5.85. The van der Waals surface area contributed by atoms with Crippen molar-refractivity contribution in [2.75, 3.05) is 6.54 Å². The van der Waals surface area contributed by atoms with E-state index < -0.39 is 29.7 Å². The van der Waals surface area contributed by atoms with Crippen LogP contribution in [0.5, 0.6) is 0 Å². The second-order valence-corrected chi connectivity index (χ2v) is 7.75. The van der Waals surface area contributed by atoms with Crippen LogP contribution in [0.2, 0.25) is 0 Å². The zero-order chi connectivity index (χ0) is 21.5. The van der Waals surface area contributed by atoms with Gasteiger partial charge < -0.3 is 15.2 Å². The Morgan fingerprint density at radius 1 is 1.10 bits per heavy atom. The van der Waals surface area contributed by atoms with Crippen LogP contribution >= 0.6 is 0 Å². The van der Waals surface area contributed by atoms with Crippen molar-refractivity contribution in [2.45, 2.75) is 45.1 Å². The molecular formula is C20H21N7O4. The number of nitrogens with one attached hydrogen (secondary N) is 3. The molecule has 0 spiro atoms. The summed E-state index contributed by atoms with van der Waals surface area (Å²) < 4.78 is 2.07. The Kier molecular flexibility index (Phi) is 4.83. The first-order valence-electron chi connectivity index (χ1n) is 10.2. The number of rotatable bonds is 5. The number of piperidine rings is 1. The Hall–Kier alpha value is -3.44. The number of hydrogen-bond donors (Lipinski definition) is 3. The van der Waals surface area contributed by atoms with Crippen LogP contribution in [0.15, 0.2) is 18.2 Å². The highest BCUT2D eigenvalue weighted by molar-refractivity contribution is 6.24. The molecule has 3 N–H and O–H groups in total. The maximum absolute atomic E-state index is 13.1. The molecule has 0 bridgehead atoms. The van der Waals surface area contributed by atoms with Crippen molar-refractivity contribution in [3.63, 3.8) is 0 Å². The van der Waals surface area contributed by atoms with E-state index in [2.05, 4.69) is 30.7 Å². The van der Waals surface area contributed by atoms with E-state index in [-0.39, 0.29) is 18.4 Å². The predicted molar refractivity (Wildman–Crippen MR) is 105 cm³/mol. The number of carbonyl (C=O) groups excluding carboxylic acids is 4. The van der Waals surface area contributed by atoms with Crippen molar-refractivity contribution in [3.8, 4) is 0 Å². The number of benzene rings is 1. The molecule has 0 aliphatic carbocycles. The van der Waals surface area contributed by atoms with Crippen molar-refractivity contribution in [1.29, 1.82) is 0 Å². The molecule has 1 aromatic heterocycles. The minimum Gasteiger partial charge on any atom is -0.312 e. The summed E-state index contributed by atoms with van der Waals surface area (Å²) in [7, 11) is 0. The van der Waals surface area contributed by atoms with E-state index in [0.29, 0.717) is 30.8 Å². The Balaban J connectivity index is 1.33. The lowest BCUT2D eigenvalue weighted by molar-refractivity contribution is -0.136. The summed E-state index contributed by atoms with van der Waals surface area (Å²) in [5, 5.41) is 17.1. The molecule has 1 saturated heterocycles. The van der Waals surface area contributed by atoms with Gasteiger partial charge in [-0.05, 0) is 18.1 Å². The van der Waals surface area contributed by atoms with Crippen LogP contribution in [0.25, 0.3) is 0 Å². The first-order chi connectivity index (χ1) is 15.0. The van der Waals surface area contributed by atoms with Gasteiger partial charge in [-0.3, -0.25) is 29.4 Å². The highest BCUT2D eigenvalue weighted by atomic mass is 16.2. The lowest BCUT2D eigenvalue weighted by atomic mass is 10.0. The lowest BCUT2D eigenvalue weighted by Crippen LogP contribution is -2.54. The second-order valence-electron chi connectivity index (χ2n) is 7.75. The van der Waals surface area contributed by atoms with E-state index in [1.54, 1.807) is 18.2 Å². The zero-order valence-corrected chi connectivity index (χ0v) is 16.7. The fourth-order valence-electron chi connectivity index (χ4n) is 4.32. The summed E-state index contributed by atoms with van der Waals surface area (Å²) in [6.07, 6.45) is 0.229. The highest BCUT2D eigenvalue weighted by Gasteiger charge is 2.45. The predicted octanol–water partition coefficient (Wildman–Crippen LogP) is -0.928. The van der Waals surface area contributed by atoms with Crippen molar-refractivity contribution in [3.05, 3.63) is 46.5 Å². The number of imide groups is 2. The van der Waals surface area contributed by atoms with Gasteiger partial charge in [-0.25, -0.2) is 0 Å². The summed E-state index contributed by atoms with van der Waals surface area (Å²) in [6.45, 7) is 3.17. The van der Waals surface area contributed by atoms with Crippen molar-refractivity contribution in [1.82, 2.24) is 35.6 Å². The summed E-state index contributed by atoms with van der Waals surface area (Å²) in [5.41, 5.74) is 1.25. The normalized spacial score (nSPS) is 20.6. The number of hydrogen-bond acceptors (Lipinski definition) is 8. The third kappa shape index (κ3) is 3.31. The third-order valence-electron chi connectivity index (χ3n) is 5.85. The molecule has 160 valence electrons. The Bertz CT molecular complexity index is 1110. The molecule has 3 aliphatic rings. The van der Waals surface area contributed by atoms with Crippen molar-refractivity contribution >= 4 is 23.6 Å². The van der Waals surface area contributed by atoms with Crippen LogP contribution in [0, 0.1) is 0 Å². The van der Waals surface area contributed by atoms with Gasteiger partial charge in [-0.2, -0.15) is 0 Å². The molecule has 3 aliphatic heterocycles. The molecule has 1 unspecified atom stereocenters. The molecule has 11 heteroatoms. The first kappa shape index (κ1) is 19.5. The topological polar surface area (TPSA) is 138 Å². The average Bonchev–Trinajstić information content (AvgIpc) is 3.28. The average molecular weight is 423 g/mol. The minimum absolute atomic E-state index is 0.0937. The van der Waals surface area contributed by atoms with E-state index in [0.717, 1.165) is 29.6 Å². The summed E-state index contributed by atoms with van der Waals surface area (Å²) >= 11 is 0. The molecule has 5 rings (SSSR count). The van der Waals surface area contributed by atoms with Gasteiger partial charge in [-0.1, -0.05) is 12.1 Å².